The van der Waals surface area contributed by atoms with E-state index in [1.807, 2.05) is 11.8 Å². The summed E-state index contributed by atoms with van der Waals surface area (Å²) in [5, 5.41) is 10.1. The van der Waals surface area contributed by atoms with E-state index in [-0.39, 0.29) is 6.04 Å². The SMILES string of the molecule is CC1SCCC1N1C(C(=O)O)CC2CCCCC21. The first kappa shape index (κ1) is 12.8. The van der Waals surface area contributed by atoms with Crippen molar-refractivity contribution >= 4 is 17.7 Å². The van der Waals surface area contributed by atoms with Crippen LogP contribution in [0.5, 0.6) is 0 Å². The number of carboxylic acid groups (broad SMARTS) is 1. The van der Waals surface area contributed by atoms with Crippen molar-refractivity contribution in [1.82, 2.24) is 4.90 Å². The molecule has 0 aromatic rings. The van der Waals surface area contributed by atoms with Crippen LogP contribution in [-0.4, -0.2) is 45.1 Å². The van der Waals surface area contributed by atoms with Crippen LogP contribution in [0.4, 0.5) is 0 Å². The van der Waals surface area contributed by atoms with Crippen LogP contribution in [0.2, 0.25) is 0 Å². The molecule has 3 rings (SSSR count). The highest BCUT2D eigenvalue weighted by Crippen LogP contribution is 2.44. The summed E-state index contributed by atoms with van der Waals surface area (Å²) in [5.41, 5.74) is 0. The quantitative estimate of drug-likeness (QED) is 0.836. The van der Waals surface area contributed by atoms with Gasteiger partial charge in [0.15, 0.2) is 0 Å². The minimum absolute atomic E-state index is 0.204. The van der Waals surface area contributed by atoms with E-state index in [1.165, 1.54) is 37.9 Å². The van der Waals surface area contributed by atoms with Crippen molar-refractivity contribution in [3.63, 3.8) is 0 Å². The Morgan fingerprint density at radius 2 is 2.00 bits per heavy atom. The Hall–Kier alpha value is -0.220. The van der Waals surface area contributed by atoms with E-state index < -0.39 is 5.97 Å². The lowest BCUT2D eigenvalue weighted by Gasteiger charge is -2.38. The number of hydrogen-bond acceptors (Lipinski definition) is 3. The highest BCUT2D eigenvalue weighted by molar-refractivity contribution is 8.00. The predicted molar refractivity (Wildman–Crippen MR) is 74.0 cm³/mol. The highest BCUT2D eigenvalue weighted by Gasteiger charge is 2.49. The van der Waals surface area contributed by atoms with Gasteiger partial charge < -0.3 is 5.11 Å². The summed E-state index contributed by atoms with van der Waals surface area (Å²) in [4.78, 5) is 14.0. The predicted octanol–water partition coefficient (Wildman–Crippen LogP) is 2.60. The van der Waals surface area contributed by atoms with Gasteiger partial charge in [-0.2, -0.15) is 11.8 Å². The first-order valence-corrected chi connectivity index (χ1v) is 8.35. The zero-order valence-corrected chi connectivity index (χ0v) is 11.9. The van der Waals surface area contributed by atoms with Gasteiger partial charge >= 0.3 is 5.97 Å². The molecule has 0 aromatic heterocycles. The fourth-order valence-corrected chi connectivity index (χ4v) is 5.56. The summed E-state index contributed by atoms with van der Waals surface area (Å²) < 4.78 is 0. The van der Waals surface area contributed by atoms with Gasteiger partial charge in [0.05, 0.1) is 0 Å². The molecule has 0 radical (unpaired) electrons. The van der Waals surface area contributed by atoms with Crippen molar-refractivity contribution < 1.29 is 9.90 Å². The van der Waals surface area contributed by atoms with Crippen LogP contribution in [0.1, 0.15) is 45.4 Å². The van der Waals surface area contributed by atoms with Crippen LogP contribution in [0, 0.1) is 5.92 Å². The highest BCUT2D eigenvalue weighted by atomic mass is 32.2. The second-order valence-corrected chi connectivity index (χ2v) is 7.57. The number of likely N-dealkylation sites (tertiary alicyclic amines) is 1. The Labute approximate surface area is 113 Å². The topological polar surface area (TPSA) is 40.5 Å². The van der Waals surface area contributed by atoms with Gasteiger partial charge in [-0.3, -0.25) is 9.69 Å². The molecule has 1 saturated carbocycles. The summed E-state index contributed by atoms with van der Waals surface area (Å²) in [7, 11) is 0. The molecule has 5 atom stereocenters. The van der Waals surface area contributed by atoms with Crippen LogP contribution < -0.4 is 0 Å². The van der Waals surface area contributed by atoms with Gasteiger partial charge in [0.2, 0.25) is 0 Å². The second kappa shape index (κ2) is 5.04. The molecule has 0 bridgehead atoms. The van der Waals surface area contributed by atoms with Crippen LogP contribution in [-0.2, 0) is 4.79 Å². The average Bonchev–Trinajstić information content (AvgIpc) is 2.92. The third-order valence-electron chi connectivity index (χ3n) is 5.14. The lowest BCUT2D eigenvalue weighted by atomic mass is 9.84. The van der Waals surface area contributed by atoms with Gasteiger partial charge in [-0.15, -0.1) is 0 Å². The molecule has 5 unspecified atom stereocenters. The van der Waals surface area contributed by atoms with Crippen molar-refractivity contribution in [1.29, 1.82) is 0 Å². The van der Waals surface area contributed by atoms with Crippen molar-refractivity contribution in [3.8, 4) is 0 Å². The molecular formula is C14H23NO2S. The van der Waals surface area contributed by atoms with Crippen molar-refractivity contribution in [3.05, 3.63) is 0 Å². The fourth-order valence-electron chi connectivity index (χ4n) is 4.31. The van der Waals surface area contributed by atoms with E-state index in [2.05, 4.69) is 11.8 Å². The molecular weight excluding hydrogens is 246 g/mol. The van der Waals surface area contributed by atoms with E-state index in [0.717, 1.165) is 6.42 Å². The number of nitrogens with zero attached hydrogens (tertiary/aromatic N) is 1. The van der Waals surface area contributed by atoms with Crippen molar-refractivity contribution in [2.75, 3.05) is 5.75 Å². The van der Waals surface area contributed by atoms with Crippen LogP contribution in [0.15, 0.2) is 0 Å². The smallest absolute Gasteiger partial charge is 0.320 e. The summed E-state index contributed by atoms with van der Waals surface area (Å²) in [6, 6.07) is 0.861. The van der Waals surface area contributed by atoms with E-state index in [1.54, 1.807) is 0 Å². The number of carboxylic acids is 1. The molecule has 3 fully saturated rings. The number of fused-ring (bicyclic) bond motifs is 1. The monoisotopic (exact) mass is 269 g/mol. The molecule has 2 saturated heterocycles. The molecule has 4 heteroatoms. The maximum atomic E-state index is 11.6. The number of thioether (sulfide) groups is 1. The fraction of sp³-hybridized carbons (Fsp3) is 0.929. The maximum absolute atomic E-state index is 11.6. The van der Waals surface area contributed by atoms with Gasteiger partial charge in [0.25, 0.3) is 0 Å². The maximum Gasteiger partial charge on any atom is 0.320 e. The van der Waals surface area contributed by atoms with Gasteiger partial charge in [-0.05, 0) is 37.4 Å². The number of aliphatic carboxylic acids is 1. The normalized spacial score (nSPS) is 45.1. The Morgan fingerprint density at radius 1 is 1.22 bits per heavy atom. The van der Waals surface area contributed by atoms with Crippen LogP contribution in [0.3, 0.4) is 0 Å². The van der Waals surface area contributed by atoms with Crippen molar-refractivity contribution in [2.45, 2.75) is 68.8 Å². The first-order chi connectivity index (χ1) is 8.68. The number of hydrogen-bond donors (Lipinski definition) is 1. The summed E-state index contributed by atoms with van der Waals surface area (Å²) in [6.45, 7) is 2.28. The zero-order chi connectivity index (χ0) is 12.7. The third-order valence-corrected chi connectivity index (χ3v) is 6.45. The van der Waals surface area contributed by atoms with Crippen molar-refractivity contribution in [2.24, 2.45) is 5.92 Å². The summed E-state index contributed by atoms with van der Waals surface area (Å²) >= 11 is 2.01. The molecule has 2 heterocycles. The minimum Gasteiger partial charge on any atom is -0.480 e. The first-order valence-electron chi connectivity index (χ1n) is 7.30. The Balaban J connectivity index is 1.84. The van der Waals surface area contributed by atoms with E-state index in [0.29, 0.717) is 23.3 Å². The van der Waals surface area contributed by atoms with Crippen LogP contribution in [0.25, 0.3) is 0 Å². The van der Waals surface area contributed by atoms with E-state index in [9.17, 15) is 9.90 Å². The van der Waals surface area contributed by atoms with E-state index >= 15 is 0 Å². The van der Waals surface area contributed by atoms with Gasteiger partial charge in [-0.1, -0.05) is 19.8 Å². The molecule has 18 heavy (non-hydrogen) atoms. The molecule has 1 N–H and O–H groups in total. The third kappa shape index (κ3) is 2.07. The Bertz CT molecular complexity index is 336. The zero-order valence-electron chi connectivity index (χ0n) is 11.0. The van der Waals surface area contributed by atoms with Gasteiger partial charge in [0.1, 0.15) is 6.04 Å². The number of carbonyl (C=O) groups is 1. The molecule has 3 nitrogen and oxygen atoms in total. The van der Waals surface area contributed by atoms with Crippen LogP contribution >= 0.6 is 11.8 Å². The lowest BCUT2D eigenvalue weighted by Crippen LogP contribution is -2.50. The van der Waals surface area contributed by atoms with E-state index in [4.69, 9.17) is 0 Å². The molecule has 3 aliphatic rings. The summed E-state index contributed by atoms with van der Waals surface area (Å²) in [6.07, 6.45) is 7.14. The van der Waals surface area contributed by atoms with Gasteiger partial charge in [-0.25, -0.2) is 0 Å². The lowest BCUT2D eigenvalue weighted by molar-refractivity contribution is -0.143. The van der Waals surface area contributed by atoms with Gasteiger partial charge in [0, 0.05) is 17.3 Å². The summed E-state index contributed by atoms with van der Waals surface area (Å²) in [5.74, 6) is 1.26. The molecule has 102 valence electrons. The second-order valence-electron chi connectivity index (χ2n) is 6.08. The Kier molecular flexibility index (Phi) is 3.59. The average molecular weight is 269 g/mol. The molecule has 0 spiro atoms. The molecule has 2 aliphatic heterocycles. The Morgan fingerprint density at radius 3 is 2.67 bits per heavy atom. The number of rotatable bonds is 2. The largest absolute Gasteiger partial charge is 0.480 e. The molecule has 0 amide bonds. The molecule has 1 aliphatic carbocycles. The molecule has 0 aromatic carbocycles. The standard InChI is InChI=1S/C14H23NO2S/c1-9-11(6-7-18-9)15-12-5-3-2-4-10(12)8-13(15)14(16)17/h9-13H,2-8H2,1H3,(H,16,17). The minimum atomic E-state index is -0.589.